The van der Waals surface area contributed by atoms with Gasteiger partial charge >= 0.3 is 0 Å². The van der Waals surface area contributed by atoms with E-state index in [0.29, 0.717) is 16.3 Å². The van der Waals surface area contributed by atoms with Crippen molar-refractivity contribution in [1.29, 1.82) is 0 Å². The lowest BCUT2D eigenvalue weighted by Gasteiger charge is -2.33. The lowest BCUT2D eigenvalue weighted by molar-refractivity contribution is 0.440. The van der Waals surface area contributed by atoms with Crippen LogP contribution in [0.1, 0.15) is 18.4 Å². The van der Waals surface area contributed by atoms with Gasteiger partial charge in [-0.05, 0) is 41.5 Å². The van der Waals surface area contributed by atoms with Crippen LogP contribution >= 0.6 is 0 Å². The minimum atomic E-state index is -4.69. The van der Waals surface area contributed by atoms with Gasteiger partial charge in [-0.1, -0.05) is 36.4 Å². The molecular formula is C17H16O9S3. The first-order chi connectivity index (χ1) is 13.1. The summed E-state index contributed by atoms with van der Waals surface area (Å²) in [5.74, 6) is -1.18. The molecule has 3 rings (SSSR count). The van der Waals surface area contributed by atoms with Crippen molar-refractivity contribution in [3.05, 3.63) is 65.1 Å². The molecule has 1 aliphatic carbocycles. The predicted octanol–water partition coefficient (Wildman–Crippen LogP) is 2.16. The van der Waals surface area contributed by atoms with Gasteiger partial charge < -0.3 is 0 Å². The number of allylic oxidation sites excluding steroid dienone is 2. The quantitative estimate of drug-likeness (QED) is 0.580. The average molecular weight is 461 g/mol. The number of rotatable bonds is 4. The molecule has 0 fully saturated rings. The van der Waals surface area contributed by atoms with Gasteiger partial charge in [0.2, 0.25) is 0 Å². The third-order valence-electron chi connectivity index (χ3n) is 4.87. The molecule has 0 saturated heterocycles. The summed E-state index contributed by atoms with van der Waals surface area (Å²) in [4.78, 5) is -0.847. The molecule has 0 aliphatic heterocycles. The van der Waals surface area contributed by atoms with Crippen LogP contribution in [0.2, 0.25) is 0 Å². The fourth-order valence-electron chi connectivity index (χ4n) is 3.18. The van der Waals surface area contributed by atoms with Crippen LogP contribution in [0.15, 0.2) is 64.4 Å². The van der Waals surface area contributed by atoms with Crippen LogP contribution in [0.3, 0.4) is 0 Å². The second-order valence-electron chi connectivity index (χ2n) is 6.76. The van der Waals surface area contributed by atoms with Crippen LogP contribution < -0.4 is 0 Å². The van der Waals surface area contributed by atoms with Crippen LogP contribution in [0, 0.1) is 0 Å². The van der Waals surface area contributed by atoms with Crippen molar-refractivity contribution in [2.45, 2.75) is 22.5 Å². The lowest BCUT2D eigenvalue weighted by Crippen LogP contribution is -2.40. The molecule has 2 atom stereocenters. The van der Waals surface area contributed by atoms with Crippen molar-refractivity contribution in [1.82, 2.24) is 0 Å². The molecule has 2 aromatic rings. The maximum atomic E-state index is 12.0. The van der Waals surface area contributed by atoms with Crippen molar-refractivity contribution < 1.29 is 38.9 Å². The van der Waals surface area contributed by atoms with Crippen LogP contribution in [-0.2, 0) is 30.4 Å². The highest BCUT2D eigenvalue weighted by molar-refractivity contribution is 7.90. The largest absolute Gasteiger partial charge is 0.294 e. The zero-order valence-corrected chi connectivity index (χ0v) is 17.2. The normalized spacial score (nSPS) is 23.2. The summed E-state index contributed by atoms with van der Waals surface area (Å²) in [6, 6.07) is 8.15. The lowest BCUT2D eigenvalue weighted by atomic mass is 9.82. The molecule has 0 aromatic heterocycles. The Morgan fingerprint density at radius 2 is 1.41 bits per heavy atom. The highest BCUT2D eigenvalue weighted by Crippen LogP contribution is 2.42. The Labute approximate surface area is 167 Å². The van der Waals surface area contributed by atoms with Crippen molar-refractivity contribution in [2.75, 3.05) is 0 Å². The molecule has 2 aromatic carbocycles. The van der Waals surface area contributed by atoms with E-state index >= 15 is 0 Å². The van der Waals surface area contributed by atoms with E-state index in [-0.39, 0.29) is 4.90 Å². The van der Waals surface area contributed by atoms with Gasteiger partial charge in [0.25, 0.3) is 30.4 Å². The summed E-state index contributed by atoms with van der Waals surface area (Å²) in [6.07, 6.45) is 2.91. The van der Waals surface area contributed by atoms with Gasteiger partial charge in [-0.15, -0.1) is 0 Å². The molecule has 0 amide bonds. The van der Waals surface area contributed by atoms with Crippen LogP contribution in [0.5, 0.6) is 0 Å². The molecule has 29 heavy (non-hydrogen) atoms. The van der Waals surface area contributed by atoms with E-state index in [1.54, 1.807) is 0 Å². The molecule has 3 N–H and O–H groups in total. The maximum Gasteiger partial charge on any atom is 0.294 e. The number of hydrogen-bond acceptors (Lipinski definition) is 6. The van der Waals surface area contributed by atoms with Gasteiger partial charge in [-0.3, -0.25) is 13.7 Å². The molecule has 12 heteroatoms. The fraction of sp³-hybridized carbons (Fsp3) is 0.176. The number of fused-ring (bicyclic) bond motifs is 1. The maximum absolute atomic E-state index is 12.0. The fourth-order valence-corrected chi connectivity index (χ4v) is 5.01. The van der Waals surface area contributed by atoms with Gasteiger partial charge in [-0.2, -0.15) is 25.3 Å². The van der Waals surface area contributed by atoms with Crippen LogP contribution in [-0.4, -0.2) is 43.7 Å². The standard InChI is InChI=1S/C17H16O9S3/c1-17(29(24,25)26)7-6-15(28(21,22)23)10-16(17)13-3-2-12-9-14(27(18,19)20)5-4-11(12)8-13/h2-10,16H,1H3,(H,18,19,20)(H,21,22,23)(H,24,25,26). The van der Waals surface area contributed by atoms with Gasteiger partial charge in [0, 0.05) is 5.92 Å². The van der Waals surface area contributed by atoms with E-state index in [0.717, 1.165) is 24.3 Å². The van der Waals surface area contributed by atoms with Gasteiger partial charge in [0.05, 0.1) is 9.80 Å². The molecule has 0 saturated carbocycles. The Kier molecular flexibility index (Phi) is 5.01. The van der Waals surface area contributed by atoms with Crippen LogP contribution in [0.25, 0.3) is 10.8 Å². The molecule has 156 valence electrons. The molecule has 9 nitrogen and oxygen atoms in total. The van der Waals surface area contributed by atoms with Gasteiger partial charge in [0.1, 0.15) is 4.75 Å². The summed E-state index contributed by atoms with van der Waals surface area (Å²) in [6.45, 7) is 1.20. The second kappa shape index (κ2) is 6.72. The van der Waals surface area contributed by atoms with E-state index < -0.39 is 45.9 Å². The van der Waals surface area contributed by atoms with Crippen molar-refractivity contribution in [2.24, 2.45) is 0 Å². The Balaban J connectivity index is 2.22. The van der Waals surface area contributed by atoms with Crippen molar-refractivity contribution in [3.8, 4) is 0 Å². The highest BCUT2D eigenvalue weighted by Gasteiger charge is 2.45. The number of hydrogen-bond donors (Lipinski definition) is 3. The summed E-state index contributed by atoms with van der Waals surface area (Å²) < 4.78 is 96.0. The van der Waals surface area contributed by atoms with Gasteiger partial charge in [-0.25, -0.2) is 0 Å². The third kappa shape index (κ3) is 3.99. The summed E-state index contributed by atoms with van der Waals surface area (Å²) in [7, 11) is -13.7. The molecular weight excluding hydrogens is 444 g/mol. The first-order valence-electron chi connectivity index (χ1n) is 8.00. The zero-order valence-electron chi connectivity index (χ0n) is 14.8. The minimum Gasteiger partial charge on any atom is -0.285 e. The summed E-state index contributed by atoms with van der Waals surface area (Å²) >= 11 is 0. The first-order valence-corrected chi connectivity index (χ1v) is 12.3. The molecule has 1 aliphatic rings. The third-order valence-corrected chi connectivity index (χ3v) is 8.09. The van der Waals surface area contributed by atoms with E-state index in [2.05, 4.69) is 0 Å². The molecule has 2 unspecified atom stereocenters. The first kappa shape index (κ1) is 21.6. The Morgan fingerprint density at radius 3 is 1.97 bits per heavy atom. The molecule has 0 heterocycles. The minimum absolute atomic E-state index is 0.294. The Hall–Kier alpha value is -2.09. The summed E-state index contributed by atoms with van der Waals surface area (Å²) in [5, 5.41) is 0.895. The molecule has 0 radical (unpaired) electrons. The highest BCUT2D eigenvalue weighted by atomic mass is 32.2. The molecule has 0 bridgehead atoms. The smallest absolute Gasteiger partial charge is 0.285 e. The SMILES string of the molecule is CC1(S(=O)(=O)O)C=CC(S(=O)(=O)O)=CC1c1ccc2cc(S(=O)(=O)O)ccc2c1. The summed E-state index contributed by atoms with van der Waals surface area (Å²) in [5.41, 5.74) is 0.294. The van der Waals surface area contributed by atoms with Crippen molar-refractivity contribution >= 4 is 41.1 Å². The van der Waals surface area contributed by atoms with E-state index in [1.807, 2.05) is 0 Å². The second-order valence-corrected chi connectivity index (χ2v) is 11.4. The predicted molar refractivity (Wildman–Crippen MR) is 105 cm³/mol. The van der Waals surface area contributed by atoms with E-state index in [4.69, 9.17) is 4.55 Å². The topological polar surface area (TPSA) is 163 Å². The average Bonchev–Trinajstić information content (AvgIpc) is 2.58. The van der Waals surface area contributed by atoms with E-state index in [1.165, 1.54) is 37.3 Å². The van der Waals surface area contributed by atoms with Crippen molar-refractivity contribution in [3.63, 3.8) is 0 Å². The Morgan fingerprint density at radius 1 is 0.828 bits per heavy atom. The van der Waals surface area contributed by atoms with Crippen LogP contribution in [0.4, 0.5) is 0 Å². The van der Waals surface area contributed by atoms with Gasteiger partial charge in [0.15, 0.2) is 0 Å². The monoisotopic (exact) mass is 460 g/mol. The Bertz CT molecular complexity index is 1380. The zero-order chi connectivity index (χ0) is 21.8. The van der Waals surface area contributed by atoms with E-state index in [9.17, 15) is 34.4 Å². The molecule has 0 spiro atoms. The number of benzene rings is 2.